The van der Waals surface area contributed by atoms with Gasteiger partial charge in [-0.05, 0) is 58.8 Å². The normalized spacial score (nSPS) is 25.9. The number of nitrogens with one attached hydrogen (secondary N) is 4. The number of fused-ring (bicyclic) bond motifs is 1. The van der Waals surface area contributed by atoms with Crippen molar-refractivity contribution in [1.82, 2.24) is 31.1 Å². The maximum absolute atomic E-state index is 14.0. The summed E-state index contributed by atoms with van der Waals surface area (Å²) in [6, 6.07) is -7.35. The van der Waals surface area contributed by atoms with Crippen LogP contribution < -0.4 is 27.0 Å². The number of carbonyl (C=O) groups is 8. The highest BCUT2D eigenvalue weighted by molar-refractivity contribution is 5.98. The fourth-order valence-corrected chi connectivity index (χ4v) is 6.35. The second-order valence-corrected chi connectivity index (χ2v) is 15.1. The van der Waals surface area contributed by atoms with Gasteiger partial charge in [-0.1, -0.05) is 99.8 Å². The molecule has 1 unspecified atom stereocenters. The molecule has 16 nitrogen and oxygen atoms in total. The van der Waals surface area contributed by atoms with Gasteiger partial charge in [0, 0.05) is 26.1 Å². The first-order valence-electron chi connectivity index (χ1n) is 20.4. The fraction of sp³-hybridized carbons (Fsp3) is 0.500. The van der Waals surface area contributed by atoms with Crippen LogP contribution in [0.4, 0.5) is 0 Å². The Labute approximate surface area is 353 Å². The summed E-state index contributed by atoms with van der Waals surface area (Å²) in [4.78, 5) is 109. The van der Waals surface area contributed by atoms with Crippen LogP contribution in [0.1, 0.15) is 80.1 Å². The van der Waals surface area contributed by atoms with Crippen LogP contribution in [0.3, 0.4) is 0 Å². The van der Waals surface area contributed by atoms with Gasteiger partial charge < -0.3 is 41.5 Å². The number of likely N-dealkylation sites (N-methyl/N-ethyl adjacent to an activating group) is 1. The van der Waals surface area contributed by atoms with Gasteiger partial charge in [-0.3, -0.25) is 33.6 Å². The second kappa shape index (κ2) is 26.1. The molecular formula is C44H63N7O9. The molecule has 16 heteroatoms. The Morgan fingerprint density at radius 3 is 1.82 bits per heavy atom. The lowest BCUT2D eigenvalue weighted by molar-refractivity contribution is -0.159. The van der Waals surface area contributed by atoms with Gasteiger partial charge >= 0.3 is 5.97 Å². The van der Waals surface area contributed by atoms with Crippen molar-refractivity contribution in [3.63, 3.8) is 0 Å². The Hall–Kier alpha value is -6.06. The van der Waals surface area contributed by atoms with Crippen molar-refractivity contribution >= 4 is 47.3 Å². The molecule has 0 saturated carbocycles. The van der Waals surface area contributed by atoms with E-state index in [4.69, 9.17) is 10.5 Å². The minimum Gasteiger partial charge on any atom is -0.458 e. The lowest BCUT2D eigenvalue weighted by atomic mass is 10.0. The molecule has 2 rings (SSSR count). The van der Waals surface area contributed by atoms with Crippen LogP contribution in [0.15, 0.2) is 85.1 Å². The molecule has 0 spiro atoms. The summed E-state index contributed by atoms with van der Waals surface area (Å²) in [7, 11) is 1.32. The van der Waals surface area contributed by atoms with Gasteiger partial charge in [0.2, 0.25) is 41.4 Å². The van der Waals surface area contributed by atoms with E-state index in [0.29, 0.717) is 12.8 Å². The van der Waals surface area contributed by atoms with E-state index in [1.807, 2.05) is 56.4 Å². The van der Waals surface area contributed by atoms with E-state index >= 15 is 0 Å². The quantitative estimate of drug-likeness (QED) is 0.0983. The van der Waals surface area contributed by atoms with E-state index in [-0.39, 0.29) is 31.7 Å². The number of allylic oxidation sites excluding steroid dienone is 13. The molecule has 2 aliphatic heterocycles. The Morgan fingerprint density at radius 1 is 0.767 bits per heavy atom. The third-order valence-electron chi connectivity index (χ3n) is 9.56. The number of nitrogens with two attached hydrogens (primary N) is 1. The molecule has 0 aromatic heterocycles. The van der Waals surface area contributed by atoms with E-state index in [1.165, 1.54) is 44.9 Å². The molecule has 60 heavy (non-hydrogen) atoms. The van der Waals surface area contributed by atoms with E-state index in [9.17, 15) is 38.4 Å². The summed E-state index contributed by atoms with van der Waals surface area (Å²) in [5.41, 5.74) is 5.34. The van der Waals surface area contributed by atoms with Crippen LogP contribution in [0, 0.1) is 5.92 Å². The van der Waals surface area contributed by atoms with Crippen LogP contribution in [-0.2, 0) is 43.1 Å². The van der Waals surface area contributed by atoms with Crippen LogP contribution in [0.2, 0.25) is 0 Å². The number of carbonyl (C=O) groups excluding carboxylic acids is 8. The van der Waals surface area contributed by atoms with Crippen molar-refractivity contribution in [2.45, 2.75) is 122 Å². The highest BCUT2D eigenvalue weighted by atomic mass is 16.5. The lowest BCUT2D eigenvalue weighted by Gasteiger charge is -2.33. The zero-order valence-corrected chi connectivity index (χ0v) is 35.8. The fourth-order valence-electron chi connectivity index (χ4n) is 6.35. The maximum Gasteiger partial charge on any atom is 0.329 e. The third kappa shape index (κ3) is 17.0. The van der Waals surface area contributed by atoms with E-state index in [0.717, 1.165) is 11.3 Å². The molecule has 2 saturated heterocycles. The summed E-state index contributed by atoms with van der Waals surface area (Å²) >= 11 is 0. The smallest absolute Gasteiger partial charge is 0.329 e. The topological polar surface area (TPSA) is 226 Å². The van der Waals surface area contributed by atoms with Gasteiger partial charge in [0.1, 0.15) is 42.4 Å². The molecule has 2 aliphatic rings. The number of hydrogen-bond donors (Lipinski definition) is 5. The summed E-state index contributed by atoms with van der Waals surface area (Å²) in [5, 5.41) is 10.4. The maximum atomic E-state index is 14.0. The number of primary amides is 1. The summed E-state index contributed by atoms with van der Waals surface area (Å²) in [6.07, 6.45) is 24.9. The first-order chi connectivity index (χ1) is 28.5. The van der Waals surface area contributed by atoms with Crippen molar-refractivity contribution in [3.05, 3.63) is 85.1 Å². The monoisotopic (exact) mass is 833 g/mol. The SMILES string of the molecule is CC/C=C/C=C/C=C/C=C/C=C/C=C/C=C/C(=O)N(C)[C@@H]1C(=O)N[C@H](C)C(=O)N[C@@H](CC(C)C)C(=O)N2CCC[C@@H]2C(=O)N[C@@H](C)C(=O)NC(CCC(N)=O)C(=O)O[C@@H]1C. The summed E-state index contributed by atoms with van der Waals surface area (Å²) in [6.45, 7) is 10.2. The molecule has 328 valence electrons. The lowest BCUT2D eigenvalue weighted by Crippen LogP contribution is -2.59. The van der Waals surface area contributed by atoms with Crippen molar-refractivity contribution < 1.29 is 43.1 Å². The predicted molar refractivity (Wildman–Crippen MR) is 228 cm³/mol. The van der Waals surface area contributed by atoms with Gasteiger partial charge in [0.25, 0.3) is 0 Å². The first kappa shape index (κ1) is 50.1. The van der Waals surface area contributed by atoms with E-state index < -0.39 is 89.7 Å². The van der Waals surface area contributed by atoms with Crippen LogP contribution >= 0.6 is 0 Å². The van der Waals surface area contributed by atoms with Gasteiger partial charge in [-0.15, -0.1) is 0 Å². The van der Waals surface area contributed by atoms with Gasteiger partial charge in [-0.25, -0.2) is 4.79 Å². The van der Waals surface area contributed by atoms with Gasteiger partial charge in [0.05, 0.1) is 0 Å². The summed E-state index contributed by atoms with van der Waals surface area (Å²) < 4.78 is 5.68. The molecule has 0 bridgehead atoms. The third-order valence-corrected chi connectivity index (χ3v) is 9.56. The van der Waals surface area contributed by atoms with E-state index in [2.05, 4.69) is 34.3 Å². The van der Waals surface area contributed by atoms with E-state index in [1.54, 1.807) is 24.3 Å². The largest absolute Gasteiger partial charge is 0.458 e. The average Bonchev–Trinajstić information content (AvgIpc) is 3.68. The average molecular weight is 834 g/mol. The molecule has 7 amide bonds. The van der Waals surface area contributed by atoms with Gasteiger partial charge in [-0.2, -0.15) is 0 Å². The van der Waals surface area contributed by atoms with Gasteiger partial charge in [0.15, 0.2) is 0 Å². The van der Waals surface area contributed by atoms with Crippen molar-refractivity contribution in [2.24, 2.45) is 11.7 Å². The molecule has 0 radical (unpaired) electrons. The highest BCUT2D eigenvalue weighted by Gasteiger charge is 2.41. The number of ether oxygens (including phenoxy) is 1. The molecular weight excluding hydrogens is 771 g/mol. The number of cyclic esters (lactones) is 1. The molecule has 0 aliphatic carbocycles. The van der Waals surface area contributed by atoms with Crippen molar-refractivity contribution in [3.8, 4) is 0 Å². The number of amides is 7. The molecule has 2 fully saturated rings. The van der Waals surface area contributed by atoms with Crippen LogP contribution in [0.25, 0.3) is 0 Å². The molecule has 2 heterocycles. The number of nitrogens with zero attached hydrogens (tertiary/aromatic N) is 2. The Kier molecular flexibility index (Phi) is 21.8. The highest BCUT2D eigenvalue weighted by Crippen LogP contribution is 2.21. The zero-order valence-electron chi connectivity index (χ0n) is 35.8. The minimum atomic E-state index is -1.51. The second-order valence-electron chi connectivity index (χ2n) is 15.1. The summed E-state index contributed by atoms with van der Waals surface area (Å²) in [5.74, 6) is -5.95. The minimum absolute atomic E-state index is 0.0459. The Morgan fingerprint density at radius 2 is 1.28 bits per heavy atom. The predicted octanol–water partition coefficient (Wildman–Crippen LogP) is 2.34. The molecule has 0 aromatic rings. The number of rotatable bonds is 14. The standard InChI is InChI=1S/C44H63N7O9/c1-8-9-10-11-12-13-14-15-16-17-18-19-20-21-24-37(53)50(7)38-32(6)60-44(59)33(25-26-36(45)52)48-39(54)30(4)46-41(56)35-23-22-27-51(35)43(58)34(28-29(2)3)49-40(55)31(5)47-42(38)57/h9-21,24,29-35,38H,8,22-23,25-28H2,1-7H3,(H2,45,52)(H,46,56)(H,47,57)(H,48,54)(H,49,55)/b10-9+,12-11+,14-13+,16-15+,18-17+,20-19+,24-21+/t30-,31+,32+,33?,34-,35+,38-/m0/s1. The molecule has 0 aromatic carbocycles. The number of esters is 1. The van der Waals surface area contributed by atoms with Crippen molar-refractivity contribution in [2.75, 3.05) is 13.6 Å². The first-order valence-corrected chi connectivity index (χ1v) is 20.4. The van der Waals surface area contributed by atoms with Crippen LogP contribution in [0.5, 0.6) is 0 Å². The molecule has 6 N–H and O–H groups in total. The number of hydrogen-bond acceptors (Lipinski definition) is 9. The Balaban J connectivity index is 2.43. The molecule has 7 atom stereocenters. The van der Waals surface area contributed by atoms with Crippen molar-refractivity contribution in [1.29, 1.82) is 0 Å². The van der Waals surface area contributed by atoms with Crippen LogP contribution in [-0.4, -0.2) is 113 Å². The zero-order chi connectivity index (χ0) is 44.8. The Bertz CT molecular complexity index is 1750.